The van der Waals surface area contributed by atoms with E-state index in [0.717, 1.165) is 11.0 Å². The van der Waals surface area contributed by atoms with Crippen LogP contribution in [0.4, 0.5) is 0 Å². The number of carbonyl (C=O) groups excluding carboxylic acids is 1. The fourth-order valence-electron chi connectivity index (χ4n) is 2.58. The van der Waals surface area contributed by atoms with Gasteiger partial charge in [-0.05, 0) is 30.3 Å². The number of benzene rings is 1. The topological polar surface area (TPSA) is 110 Å². The summed E-state index contributed by atoms with van der Waals surface area (Å²) in [5.41, 5.74) is 1.87. The summed E-state index contributed by atoms with van der Waals surface area (Å²) < 4.78 is 2.86. The Kier molecular flexibility index (Phi) is 4.02. The molecular weight excluding hydrogens is 334 g/mol. The summed E-state index contributed by atoms with van der Waals surface area (Å²) in [6.07, 6.45) is 4.95. The lowest BCUT2D eigenvalue weighted by molar-refractivity contribution is 0.0952. The molecule has 0 saturated heterocycles. The maximum absolute atomic E-state index is 12.3. The van der Waals surface area contributed by atoms with Crippen LogP contribution >= 0.6 is 0 Å². The molecule has 0 spiro atoms. The number of H-pyrrole nitrogens is 1. The lowest BCUT2D eigenvalue weighted by Crippen LogP contribution is -2.32. The van der Waals surface area contributed by atoms with E-state index in [2.05, 4.69) is 25.5 Å². The molecule has 26 heavy (non-hydrogen) atoms. The van der Waals surface area contributed by atoms with E-state index in [4.69, 9.17) is 0 Å². The van der Waals surface area contributed by atoms with Crippen LogP contribution in [0, 0.1) is 0 Å². The first-order valence-electron chi connectivity index (χ1n) is 8.00. The van der Waals surface area contributed by atoms with Gasteiger partial charge in [0, 0.05) is 30.6 Å². The van der Waals surface area contributed by atoms with Crippen molar-refractivity contribution in [3.63, 3.8) is 0 Å². The molecule has 4 aromatic rings. The predicted octanol–water partition coefficient (Wildman–Crippen LogP) is 0.735. The molecule has 0 saturated carbocycles. The third-order valence-electron chi connectivity index (χ3n) is 3.88. The van der Waals surface area contributed by atoms with Crippen molar-refractivity contribution in [2.45, 2.75) is 6.54 Å². The van der Waals surface area contributed by atoms with Crippen LogP contribution in [0.5, 0.6) is 0 Å². The van der Waals surface area contributed by atoms with E-state index >= 15 is 0 Å². The van der Waals surface area contributed by atoms with Gasteiger partial charge in [0.15, 0.2) is 5.82 Å². The fraction of sp³-hybridized carbons (Fsp3) is 0.118. The summed E-state index contributed by atoms with van der Waals surface area (Å²) in [5, 5.41) is 11.1. The molecule has 0 aliphatic carbocycles. The molecule has 0 radical (unpaired) electrons. The van der Waals surface area contributed by atoms with E-state index < -0.39 is 0 Å². The Hall–Kier alpha value is -3.75. The molecule has 0 unspecified atom stereocenters. The fourth-order valence-corrected chi connectivity index (χ4v) is 2.58. The van der Waals surface area contributed by atoms with Crippen molar-refractivity contribution in [1.82, 2.24) is 34.8 Å². The van der Waals surface area contributed by atoms with Crippen LogP contribution in [0.25, 0.3) is 16.9 Å². The first-order chi connectivity index (χ1) is 12.7. The third kappa shape index (κ3) is 3.09. The summed E-state index contributed by atoms with van der Waals surface area (Å²) >= 11 is 0. The number of nitrogens with one attached hydrogen (secondary N) is 2. The Balaban J connectivity index is 1.43. The first kappa shape index (κ1) is 15.8. The van der Waals surface area contributed by atoms with Crippen LogP contribution in [0.1, 0.15) is 10.4 Å². The molecule has 0 atom stereocenters. The van der Waals surface area contributed by atoms with Crippen molar-refractivity contribution < 1.29 is 4.79 Å². The highest BCUT2D eigenvalue weighted by atomic mass is 16.2. The number of imidazole rings is 1. The van der Waals surface area contributed by atoms with Gasteiger partial charge in [0.25, 0.3) is 11.5 Å². The maximum atomic E-state index is 12.3. The lowest BCUT2D eigenvalue weighted by atomic mass is 10.2. The van der Waals surface area contributed by atoms with Crippen LogP contribution in [-0.4, -0.2) is 42.0 Å². The number of aromatic nitrogens is 6. The van der Waals surface area contributed by atoms with Gasteiger partial charge in [0.1, 0.15) is 0 Å². The summed E-state index contributed by atoms with van der Waals surface area (Å²) in [6.45, 7) is 0.529. The van der Waals surface area contributed by atoms with Crippen LogP contribution < -0.4 is 10.9 Å². The Morgan fingerprint density at radius 1 is 1.23 bits per heavy atom. The van der Waals surface area contributed by atoms with Crippen molar-refractivity contribution >= 4 is 16.9 Å². The average molecular weight is 349 g/mol. The normalized spacial score (nSPS) is 10.9. The summed E-state index contributed by atoms with van der Waals surface area (Å²) in [7, 11) is 0. The van der Waals surface area contributed by atoms with Gasteiger partial charge in [-0.3, -0.25) is 9.59 Å². The first-order valence-corrected chi connectivity index (χ1v) is 8.00. The number of nitrogens with zero attached hydrogens (tertiary/aromatic N) is 5. The monoisotopic (exact) mass is 349 g/mol. The quantitative estimate of drug-likeness (QED) is 0.552. The zero-order chi connectivity index (χ0) is 17.9. The van der Waals surface area contributed by atoms with E-state index in [9.17, 15) is 9.59 Å². The zero-order valence-corrected chi connectivity index (χ0v) is 13.7. The van der Waals surface area contributed by atoms with E-state index in [-0.39, 0.29) is 24.6 Å². The van der Waals surface area contributed by atoms with Gasteiger partial charge in [-0.1, -0.05) is 0 Å². The highest BCUT2D eigenvalue weighted by Gasteiger charge is 2.08. The van der Waals surface area contributed by atoms with E-state index in [1.807, 2.05) is 0 Å². The van der Waals surface area contributed by atoms with Gasteiger partial charge in [0.05, 0.1) is 23.9 Å². The molecule has 1 aromatic carbocycles. The van der Waals surface area contributed by atoms with Gasteiger partial charge < -0.3 is 10.3 Å². The maximum Gasteiger partial charge on any atom is 0.266 e. The largest absolute Gasteiger partial charge is 0.350 e. The van der Waals surface area contributed by atoms with Crippen LogP contribution in [-0.2, 0) is 6.54 Å². The minimum atomic E-state index is -0.242. The Morgan fingerprint density at radius 3 is 3.00 bits per heavy atom. The molecule has 9 heteroatoms. The standard InChI is InChI=1S/C17H15N7O2/c25-16-5-4-15(23-8-1-6-21-23)22-24(16)9-7-18-17(26)12-2-3-13-14(10-12)20-11-19-13/h1-6,8,10-11H,7,9H2,(H,18,26)(H,19,20). The number of amides is 1. The molecule has 1 amide bonds. The SMILES string of the molecule is O=C(NCCn1nc(-n2cccn2)ccc1=O)c1ccc2nc[nH]c2c1. The Bertz CT molecular complexity index is 1110. The average Bonchev–Trinajstić information content (AvgIpc) is 3.34. The van der Waals surface area contributed by atoms with Gasteiger partial charge in [-0.15, -0.1) is 5.10 Å². The molecule has 130 valence electrons. The van der Waals surface area contributed by atoms with Gasteiger partial charge >= 0.3 is 0 Å². The molecular formula is C17H15N7O2. The smallest absolute Gasteiger partial charge is 0.266 e. The Morgan fingerprint density at radius 2 is 2.15 bits per heavy atom. The van der Waals surface area contributed by atoms with Gasteiger partial charge in [-0.25, -0.2) is 14.3 Å². The van der Waals surface area contributed by atoms with Crippen molar-refractivity contribution in [2.24, 2.45) is 0 Å². The number of aromatic amines is 1. The van der Waals surface area contributed by atoms with E-state index in [1.54, 1.807) is 53.7 Å². The number of carbonyl (C=O) groups is 1. The Labute approximate surface area is 147 Å². The minimum absolute atomic E-state index is 0.224. The van der Waals surface area contributed by atoms with E-state index in [1.165, 1.54) is 10.7 Å². The molecule has 3 aromatic heterocycles. The van der Waals surface area contributed by atoms with Crippen molar-refractivity contribution in [2.75, 3.05) is 6.54 Å². The highest BCUT2D eigenvalue weighted by Crippen LogP contribution is 2.11. The number of fused-ring (bicyclic) bond motifs is 1. The number of hydrogen-bond acceptors (Lipinski definition) is 5. The lowest BCUT2D eigenvalue weighted by Gasteiger charge is -2.08. The second-order valence-corrected chi connectivity index (χ2v) is 5.59. The third-order valence-corrected chi connectivity index (χ3v) is 3.88. The molecule has 9 nitrogen and oxygen atoms in total. The molecule has 0 fully saturated rings. The molecule has 0 aliphatic heterocycles. The minimum Gasteiger partial charge on any atom is -0.350 e. The van der Waals surface area contributed by atoms with Gasteiger partial charge in [-0.2, -0.15) is 5.10 Å². The zero-order valence-electron chi connectivity index (χ0n) is 13.7. The number of hydrogen-bond donors (Lipinski definition) is 2. The summed E-state index contributed by atoms with van der Waals surface area (Å²) in [4.78, 5) is 31.3. The summed E-state index contributed by atoms with van der Waals surface area (Å²) in [5.74, 6) is 0.309. The summed E-state index contributed by atoms with van der Waals surface area (Å²) in [6, 6.07) is 10.0. The number of rotatable bonds is 5. The van der Waals surface area contributed by atoms with Crippen LogP contribution in [0.2, 0.25) is 0 Å². The molecule has 4 rings (SSSR count). The molecule has 0 aliphatic rings. The van der Waals surface area contributed by atoms with Gasteiger partial charge in [0.2, 0.25) is 0 Å². The van der Waals surface area contributed by atoms with Crippen molar-refractivity contribution in [1.29, 1.82) is 0 Å². The second-order valence-electron chi connectivity index (χ2n) is 5.59. The van der Waals surface area contributed by atoms with Crippen LogP contribution in [0.3, 0.4) is 0 Å². The second kappa shape index (κ2) is 6.63. The van der Waals surface area contributed by atoms with Crippen LogP contribution in [0.15, 0.2) is 59.9 Å². The molecule has 0 bridgehead atoms. The van der Waals surface area contributed by atoms with Crippen molar-refractivity contribution in [3.8, 4) is 5.82 Å². The van der Waals surface area contributed by atoms with Crippen molar-refractivity contribution in [3.05, 3.63) is 71.0 Å². The molecule has 2 N–H and O–H groups in total. The molecule has 3 heterocycles. The highest BCUT2D eigenvalue weighted by molar-refractivity contribution is 5.97. The van der Waals surface area contributed by atoms with E-state index in [0.29, 0.717) is 11.4 Å². The predicted molar refractivity (Wildman–Crippen MR) is 94.0 cm³/mol.